The number of hydrogen-bond acceptors (Lipinski definition) is 2. The highest BCUT2D eigenvalue weighted by Crippen LogP contribution is 2.32. The van der Waals surface area contributed by atoms with Gasteiger partial charge in [-0.25, -0.2) is 0 Å². The molecule has 15 heavy (non-hydrogen) atoms. The Morgan fingerprint density at radius 1 is 1.53 bits per heavy atom. The molecule has 0 spiro atoms. The summed E-state index contributed by atoms with van der Waals surface area (Å²) in [5.74, 6) is 0.904. The number of phenolic OH excluding ortho intramolecular Hbond substituents is 1. The number of aryl methyl sites for hydroxylation is 1. The van der Waals surface area contributed by atoms with Crippen molar-refractivity contribution in [3.05, 3.63) is 23.8 Å². The third-order valence-electron chi connectivity index (χ3n) is 2.66. The van der Waals surface area contributed by atoms with Gasteiger partial charge in [-0.1, -0.05) is 0 Å². The predicted molar refractivity (Wildman–Crippen MR) is 58.8 cm³/mol. The monoisotopic (exact) mass is 205 g/mol. The third kappa shape index (κ3) is 2.72. The maximum absolute atomic E-state index is 11.5. The smallest absolute Gasteiger partial charge is 0.224 e. The molecule has 2 N–H and O–H groups in total. The molecule has 0 unspecified atom stereocenters. The molecule has 1 saturated carbocycles. The molecule has 3 heteroatoms. The number of benzene rings is 1. The molecule has 1 fully saturated rings. The SMILES string of the molecule is Cc1cc(O)ccc1NC(=O)CC1CC1. The molecule has 2 rings (SSSR count). The van der Waals surface area contributed by atoms with Crippen molar-refractivity contribution >= 4 is 11.6 Å². The Hall–Kier alpha value is -1.51. The number of aromatic hydroxyl groups is 1. The third-order valence-corrected chi connectivity index (χ3v) is 2.66. The van der Waals surface area contributed by atoms with Gasteiger partial charge in [-0.15, -0.1) is 0 Å². The summed E-state index contributed by atoms with van der Waals surface area (Å²) in [6.45, 7) is 1.87. The Morgan fingerprint density at radius 3 is 2.87 bits per heavy atom. The van der Waals surface area contributed by atoms with Crippen molar-refractivity contribution in [1.82, 2.24) is 0 Å². The first-order chi connectivity index (χ1) is 7.15. The van der Waals surface area contributed by atoms with Crippen LogP contribution in [-0.4, -0.2) is 11.0 Å². The first kappa shape index (κ1) is 10.0. The van der Waals surface area contributed by atoms with Crippen LogP contribution in [0.25, 0.3) is 0 Å². The van der Waals surface area contributed by atoms with E-state index in [0.717, 1.165) is 11.3 Å². The summed E-state index contributed by atoms with van der Waals surface area (Å²) in [6, 6.07) is 4.96. The zero-order valence-corrected chi connectivity index (χ0v) is 8.79. The van der Waals surface area contributed by atoms with Crippen LogP contribution < -0.4 is 5.32 Å². The van der Waals surface area contributed by atoms with E-state index in [4.69, 9.17) is 0 Å². The van der Waals surface area contributed by atoms with Crippen molar-refractivity contribution in [1.29, 1.82) is 0 Å². The Balaban J connectivity index is 1.99. The van der Waals surface area contributed by atoms with Crippen molar-refractivity contribution in [3.8, 4) is 5.75 Å². The summed E-state index contributed by atoms with van der Waals surface area (Å²) in [5.41, 5.74) is 1.68. The fourth-order valence-electron chi connectivity index (χ4n) is 1.57. The van der Waals surface area contributed by atoms with E-state index in [1.807, 2.05) is 6.92 Å². The average molecular weight is 205 g/mol. The van der Waals surface area contributed by atoms with E-state index in [2.05, 4.69) is 5.32 Å². The van der Waals surface area contributed by atoms with Crippen LogP contribution in [0.1, 0.15) is 24.8 Å². The lowest BCUT2D eigenvalue weighted by atomic mass is 10.2. The van der Waals surface area contributed by atoms with Gasteiger partial charge in [0, 0.05) is 12.1 Å². The van der Waals surface area contributed by atoms with Crippen molar-refractivity contribution in [2.24, 2.45) is 5.92 Å². The van der Waals surface area contributed by atoms with Crippen LogP contribution in [0.15, 0.2) is 18.2 Å². The molecule has 1 amide bonds. The maximum atomic E-state index is 11.5. The Morgan fingerprint density at radius 2 is 2.27 bits per heavy atom. The predicted octanol–water partition coefficient (Wildman–Crippen LogP) is 2.44. The van der Waals surface area contributed by atoms with Crippen molar-refractivity contribution in [2.75, 3.05) is 5.32 Å². The number of hydrogen-bond donors (Lipinski definition) is 2. The number of rotatable bonds is 3. The fraction of sp³-hybridized carbons (Fsp3) is 0.417. The average Bonchev–Trinajstić information content (AvgIpc) is 2.94. The highest BCUT2D eigenvalue weighted by molar-refractivity contribution is 5.91. The molecule has 1 aliphatic carbocycles. The van der Waals surface area contributed by atoms with Crippen LogP contribution in [0.3, 0.4) is 0 Å². The van der Waals surface area contributed by atoms with Crippen LogP contribution in [0, 0.1) is 12.8 Å². The lowest BCUT2D eigenvalue weighted by molar-refractivity contribution is -0.116. The second kappa shape index (κ2) is 3.93. The van der Waals surface area contributed by atoms with E-state index in [9.17, 15) is 9.90 Å². The molecular formula is C12H15NO2. The maximum Gasteiger partial charge on any atom is 0.224 e. The number of amides is 1. The van der Waals surface area contributed by atoms with Gasteiger partial charge < -0.3 is 10.4 Å². The van der Waals surface area contributed by atoms with E-state index in [-0.39, 0.29) is 11.7 Å². The van der Waals surface area contributed by atoms with Gasteiger partial charge in [0.05, 0.1) is 0 Å². The molecule has 0 heterocycles. The van der Waals surface area contributed by atoms with E-state index >= 15 is 0 Å². The summed E-state index contributed by atoms with van der Waals surface area (Å²) in [4.78, 5) is 11.5. The zero-order valence-electron chi connectivity index (χ0n) is 8.79. The molecule has 0 bridgehead atoms. The number of carbonyl (C=O) groups excluding carboxylic acids is 1. The molecule has 1 aliphatic rings. The van der Waals surface area contributed by atoms with E-state index < -0.39 is 0 Å². The first-order valence-corrected chi connectivity index (χ1v) is 5.24. The fourth-order valence-corrected chi connectivity index (χ4v) is 1.57. The minimum absolute atomic E-state index is 0.0753. The largest absolute Gasteiger partial charge is 0.508 e. The van der Waals surface area contributed by atoms with Gasteiger partial charge in [0.25, 0.3) is 0 Å². The van der Waals surface area contributed by atoms with Gasteiger partial charge >= 0.3 is 0 Å². The van der Waals surface area contributed by atoms with Gasteiger partial charge in [0.1, 0.15) is 5.75 Å². The molecular weight excluding hydrogens is 190 g/mol. The van der Waals surface area contributed by atoms with Crippen LogP contribution in [0.5, 0.6) is 5.75 Å². The number of nitrogens with one attached hydrogen (secondary N) is 1. The Bertz CT molecular complexity index is 383. The summed E-state index contributed by atoms with van der Waals surface area (Å²) in [6.07, 6.45) is 2.99. The summed E-state index contributed by atoms with van der Waals surface area (Å²) in [7, 11) is 0. The minimum Gasteiger partial charge on any atom is -0.508 e. The van der Waals surface area contributed by atoms with Crippen LogP contribution >= 0.6 is 0 Å². The molecule has 80 valence electrons. The van der Waals surface area contributed by atoms with Gasteiger partial charge in [-0.3, -0.25) is 4.79 Å². The second-order valence-electron chi connectivity index (χ2n) is 4.19. The number of anilines is 1. The molecule has 0 aliphatic heterocycles. The van der Waals surface area contributed by atoms with E-state index in [1.165, 1.54) is 12.8 Å². The molecule has 0 saturated heterocycles. The molecule has 0 aromatic heterocycles. The van der Waals surface area contributed by atoms with E-state index in [1.54, 1.807) is 18.2 Å². The topological polar surface area (TPSA) is 49.3 Å². The normalized spacial score (nSPS) is 15.0. The standard InChI is InChI=1S/C12H15NO2/c1-8-6-10(14)4-5-11(8)13-12(15)7-9-2-3-9/h4-6,9,14H,2-3,7H2,1H3,(H,13,15). The minimum atomic E-state index is 0.0753. The summed E-state index contributed by atoms with van der Waals surface area (Å²) >= 11 is 0. The number of carbonyl (C=O) groups is 1. The highest BCUT2D eigenvalue weighted by Gasteiger charge is 2.24. The van der Waals surface area contributed by atoms with Gasteiger partial charge in [-0.2, -0.15) is 0 Å². The van der Waals surface area contributed by atoms with Crippen molar-refractivity contribution < 1.29 is 9.90 Å². The molecule has 1 aromatic carbocycles. The van der Waals surface area contributed by atoms with Gasteiger partial charge in [-0.05, 0) is 49.4 Å². The highest BCUT2D eigenvalue weighted by atomic mass is 16.3. The molecule has 1 aromatic rings. The van der Waals surface area contributed by atoms with E-state index in [0.29, 0.717) is 12.3 Å². The second-order valence-corrected chi connectivity index (χ2v) is 4.19. The van der Waals surface area contributed by atoms with Crippen LogP contribution in [-0.2, 0) is 4.79 Å². The van der Waals surface area contributed by atoms with Crippen LogP contribution in [0.4, 0.5) is 5.69 Å². The zero-order chi connectivity index (χ0) is 10.8. The quantitative estimate of drug-likeness (QED) is 0.744. The molecule has 0 atom stereocenters. The number of phenols is 1. The molecule has 0 radical (unpaired) electrons. The lowest BCUT2D eigenvalue weighted by Gasteiger charge is -2.08. The van der Waals surface area contributed by atoms with Crippen molar-refractivity contribution in [3.63, 3.8) is 0 Å². The van der Waals surface area contributed by atoms with Gasteiger partial charge in [0.2, 0.25) is 5.91 Å². The van der Waals surface area contributed by atoms with Crippen LogP contribution in [0.2, 0.25) is 0 Å². The van der Waals surface area contributed by atoms with Gasteiger partial charge in [0.15, 0.2) is 0 Å². The Kier molecular flexibility index (Phi) is 2.62. The Labute approximate surface area is 89.1 Å². The molecule has 3 nitrogen and oxygen atoms in total. The summed E-state index contributed by atoms with van der Waals surface area (Å²) < 4.78 is 0. The summed E-state index contributed by atoms with van der Waals surface area (Å²) in [5, 5.41) is 12.1. The lowest BCUT2D eigenvalue weighted by Crippen LogP contribution is -2.12. The van der Waals surface area contributed by atoms with Crippen molar-refractivity contribution in [2.45, 2.75) is 26.2 Å². The first-order valence-electron chi connectivity index (χ1n) is 5.24.